The average molecular weight is 306 g/mol. The Balaban J connectivity index is 0.00000200. The third-order valence-corrected chi connectivity index (χ3v) is 3.31. The van der Waals surface area contributed by atoms with Crippen molar-refractivity contribution in [1.82, 2.24) is 10.2 Å². The van der Waals surface area contributed by atoms with Crippen LogP contribution in [0, 0.1) is 15.9 Å². The van der Waals surface area contributed by atoms with Gasteiger partial charge in [-0.25, -0.2) is 4.39 Å². The zero-order chi connectivity index (χ0) is 13.8. The van der Waals surface area contributed by atoms with E-state index < -0.39 is 16.8 Å². The van der Waals surface area contributed by atoms with E-state index in [4.69, 9.17) is 0 Å². The highest BCUT2D eigenvalue weighted by Crippen LogP contribution is 2.30. The van der Waals surface area contributed by atoms with Gasteiger partial charge in [0.15, 0.2) is 0 Å². The van der Waals surface area contributed by atoms with Gasteiger partial charge in [0, 0.05) is 32.2 Å². The zero-order valence-electron chi connectivity index (χ0n) is 10.8. The summed E-state index contributed by atoms with van der Waals surface area (Å²) in [5.74, 6) is -0.533. The maximum Gasteiger partial charge on any atom is 0.274 e. The van der Waals surface area contributed by atoms with Crippen LogP contribution >= 0.6 is 12.4 Å². The fourth-order valence-electron chi connectivity index (χ4n) is 2.36. The molecule has 0 unspecified atom stereocenters. The molecule has 1 aromatic carbocycles. The molecule has 112 valence electrons. The van der Waals surface area contributed by atoms with Crippen molar-refractivity contribution in [2.75, 3.05) is 32.8 Å². The van der Waals surface area contributed by atoms with E-state index >= 15 is 0 Å². The molecule has 2 rings (SSSR count). The first-order chi connectivity index (χ1) is 9.13. The fraction of sp³-hybridized carbons (Fsp3) is 0.500. The van der Waals surface area contributed by atoms with Crippen molar-refractivity contribution in [3.8, 4) is 0 Å². The van der Waals surface area contributed by atoms with Gasteiger partial charge in [0.2, 0.25) is 0 Å². The molecule has 8 heteroatoms. The van der Waals surface area contributed by atoms with Gasteiger partial charge in [-0.3, -0.25) is 15.0 Å². The second-order valence-corrected chi connectivity index (χ2v) is 4.44. The second-order valence-electron chi connectivity index (χ2n) is 4.44. The third kappa shape index (κ3) is 3.63. The van der Waals surface area contributed by atoms with Crippen molar-refractivity contribution >= 4 is 18.1 Å². The lowest BCUT2D eigenvalue weighted by atomic mass is 10.0. The number of hydrogen-bond donors (Lipinski definition) is 2. The van der Waals surface area contributed by atoms with Crippen molar-refractivity contribution in [3.05, 3.63) is 39.7 Å². The van der Waals surface area contributed by atoms with E-state index in [9.17, 15) is 19.6 Å². The van der Waals surface area contributed by atoms with Crippen LogP contribution in [0.15, 0.2) is 18.2 Å². The first-order valence-corrected chi connectivity index (χ1v) is 6.13. The van der Waals surface area contributed by atoms with Gasteiger partial charge in [-0.2, -0.15) is 0 Å². The summed E-state index contributed by atoms with van der Waals surface area (Å²) >= 11 is 0. The summed E-state index contributed by atoms with van der Waals surface area (Å²) in [6, 6.07) is 2.81. The molecular formula is C12H17ClFN3O3. The number of aliphatic hydroxyl groups excluding tert-OH is 1. The van der Waals surface area contributed by atoms with Gasteiger partial charge in [0.1, 0.15) is 5.82 Å². The molecule has 1 aromatic rings. The summed E-state index contributed by atoms with van der Waals surface area (Å²) in [5, 5.41) is 23.7. The summed E-state index contributed by atoms with van der Waals surface area (Å²) in [6.45, 7) is 2.56. The van der Waals surface area contributed by atoms with E-state index in [1.807, 2.05) is 4.90 Å². The van der Waals surface area contributed by atoms with Crippen LogP contribution in [0.5, 0.6) is 0 Å². The van der Waals surface area contributed by atoms with Crippen LogP contribution in [0.4, 0.5) is 10.1 Å². The molecule has 1 heterocycles. The van der Waals surface area contributed by atoms with Gasteiger partial charge in [-0.05, 0) is 12.1 Å². The van der Waals surface area contributed by atoms with Crippen LogP contribution in [-0.2, 0) is 0 Å². The Morgan fingerprint density at radius 3 is 2.65 bits per heavy atom. The van der Waals surface area contributed by atoms with Gasteiger partial charge in [-0.1, -0.05) is 0 Å². The van der Waals surface area contributed by atoms with Gasteiger partial charge < -0.3 is 10.4 Å². The standard InChI is InChI=1S/C12H16FN3O3.ClH/c13-9-1-2-11(16(18)19)10(7-9)12(8-17)15-5-3-14-4-6-15;/h1-2,7,12,14,17H,3-6,8H2;1H/t12-;/m0./s1. The second kappa shape index (κ2) is 7.49. The molecule has 20 heavy (non-hydrogen) atoms. The minimum atomic E-state index is -0.543. The van der Waals surface area contributed by atoms with Crippen molar-refractivity contribution in [3.63, 3.8) is 0 Å². The summed E-state index contributed by atoms with van der Waals surface area (Å²) < 4.78 is 13.3. The molecule has 0 radical (unpaired) electrons. The number of nitro benzene ring substituents is 1. The van der Waals surface area contributed by atoms with Crippen LogP contribution in [0.3, 0.4) is 0 Å². The quantitative estimate of drug-likeness (QED) is 0.643. The highest BCUT2D eigenvalue weighted by molar-refractivity contribution is 5.85. The van der Waals surface area contributed by atoms with Crippen molar-refractivity contribution < 1.29 is 14.4 Å². The number of aliphatic hydroxyl groups is 1. The van der Waals surface area contributed by atoms with Crippen molar-refractivity contribution in [2.24, 2.45) is 0 Å². The Bertz CT molecular complexity index is 469. The lowest BCUT2D eigenvalue weighted by molar-refractivity contribution is -0.386. The Kier molecular flexibility index (Phi) is 6.28. The average Bonchev–Trinajstić information content (AvgIpc) is 2.40. The van der Waals surface area contributed by atoms with E-state index in [2.05, 4.69) is 5.32 Å². The smallest absolute Gasteiger partial charge is 0.274 e. The molecule has 0 amide bonds. The molecule has 0 bridgehead atoms. The topological polar surface area (TPSA) is 78.6 Å². The van der Waals surface area contributed by atoms with E-state index in [0.717, 1.165) is 31.3 Å². The highest BCUT2D eigenvalue weighted by Gasteiger charge is 2.28. The predicted molar refractivity (Wildman–Crippen MR) is 74.6 cm³/mol. The molecule has 0 spiro atoms. The molecular weight excluding hydrogens is 289 g/mol. The molecule has 0 aromatic heterocycles. The monoisotopic (exact) mass is 305 g/mol. The number of nitrogens with zero attached hydrogens (tertiary/aromatic N) is 2. The summed E-state index contributed by atoms with van der Waals surface area (Å²) in [7, 11) is 0. The Labute approximate surface area is 122 Å². The first-order valence-electron chi connectivity index (χ1n) is 6.13. The number of rotatable bonds is 4. The lowest BCUT2D eigenvalue weighted by Crippen LogP contribution is -2.46. The Morgan fingerprint density at radius 1 is 1.45 bits per heavy atom. The summed E-state index contributed by atoms with van der Waals surface area (Å²) in [6.07, 6.45) is 0. The maximum absolute atomic E-state index is 13.3. The molecule has 6 nitrogen and oxygen atoms in total. The molecule has 1 aliphatic rings. The summed E-state index contributed by atoms with van der Waals surface area (Å²) in [4.78, 5) is 12.4. The molecule has 1 fully saturated rings. The van der Waals surface area contributed by atoms with Crippen LogP contribution in [-0.4, -0.2) is 47.7 Å². The maximum atomic E-state index is 13.3. The Hall–Kier alpha value is -1.28. The zero-order valence-corrected chi connectivity index (χ0v) is 11.6. The van der Waals surface area contributed by atoms with E-state index in [1.54, 1.807) is 0 Å². The van der Waals surface area contributed by atoms with E-state index in [1.165, 1.54) is 0 Å². The van der Waals surface area contributed by atoms with Gasteiger partial charge in [-0.15, -0.1) is 12.4 Å². The number of hydrogen-bond acceptors (Lipinski definition) is 5. The number of nitrogens with one attached hydrogen (secondary N) is 1. The Morgan fingerprint density at radius 2 is 2.10 bits per heavy atom. The third-order valence-electron chi connectivity index (χ3n) is 3.31. The molecule has 0 aliphatic carbocycles. The number of piperazine rings is 1. The van der Waals surface area contributed by atoms with E-state index in [0.29, 0.717) is 13.1 Å². The SMILES string of the molecule is Cl.O=[N+]([O-])c1ccc(F)cc1[C@H](CO)N1CCNCC1. The van der Waals surface area contributed by atoms with Crippen LogP contribution < -0.4 is 5.32 Å². The highest BCUT2D eigenvalue weighted by atomic mass is 35.5. The first kappa shape index (κ1) is 16.8. The van der Waals surface area contributed by atoms with E-state index in [-0.39, 0.29) is 30.3 Å². The minimum Gasteiger partial charge on any atom is -0.394 e. The van der Waals surface area contributed by atoms with Gasteiger partial charge >= 0.3 is 0 Å². The number of halogens is 2. The van der Waals surface area contributed by atoms with Crippen molar-refractivity contribution in [2.45, 2.75) is 6.04 Å². The number of nitro groups is 1. The molecule has 0 saturated carbocycles. The van der Waals surface area contributed by atoms with Crippen LogP contribution in [0.1, 0.15) is 11.6 Å². The molecule has 1 saturated heterocycles. The van der Waals surface area contributed by atoms with Crippen LogP contribution in [0.2, 0.25) is 0 Å². The largest absolute Gasteiger partial charge is 0.394 e. The van der Waals surface area contributed by atoms with Gasteiger partial charge in [0.25, 0.3) is 5.69 Å². The normalized spacial score (nSPS) is 17.3. The van der Waals surface area contributed by atoms with Crippen LogP contribution in [0.25, 0.3) is 0 Å². The number of benzene rings is 1. The lowest BCUT2D eigenvalue weighted by Gasteiger charge is -2.33. The van der Waals surface area contributed by atoms with Gasteiger partial charge in [0.05, 0.1) is 23.1 Å². The van der Waals surface area contributed by atoms with Crippen molar-refractivity contribution in [1.29, 1.82) is 0 Å². The summed E-state index contributed by atoms with van der Waals surface area (Å²) in [5.41, 5.74) is 0.0772. The molecule has 2 N–H and O–H groups in total. The fourth-order valence-corrected chi connectivity index (χ4v) is 2.36. The molecule has 1 atom stereocenters. The molecule has 1 aliphatic heterocycles. The minimum absolute atomic E-state index is 0. The predicted octanol–water partition coefficient (Wildman–Crippen LogP) is 1.09.